The molecule has 0 aromatic carbocycles. The molecule has 3 heterocycles. The summed E-state index contributed by atoms with van der Waals surface area (Å²) in [5.41, 5.74) is 5.91. The molecule has 2 aromatic heterocycles. The van der Waals surface area contributed by atoms with Crippen molar-refractivity contribution >= 4 is 37.2 Å². The Bertz CT molecular complexity index is 741. The molecule has 0 amide bonds. The summed E-state index contributed by atoms with van der Waals surface area (Å²) >= 11 is 1.53. The molecule has 8 heteroatoms. The van der Waals surface area contributed by atoms with Crippen LogP contribution in [0.4, 0.5) is 5.82 Å². The van der Waals surface area contributed by atoms with Gasteiger partial charge in [0.15, 0.2) is 9.84 Å². The number of nitrogen functional groups attached to an aromatic ring is 1. The van der Waals surface area contributed by atoms with Crippen LogP contribution in [0.25, 0.3) is 10.2 Å². The number of fused-ring (bicyclic) bond motifs is 1. The fourth-order valence-corrected chi connectivity index (χ4v) is 5.07. The van der Waals surface area contributed by atoms with Crippen molar-refractivity contribution in [1.82, 2.24) is 14.9 Å². The van der Waals surface area contributed by atoms with Crippen molar-refractivity contribution in [1.29, 1.82) is 0 Å². The molecule has 0 spiro atoms. The molecule has 1 aliphatic rings. The number of nitrogens with zero attached hydrogens (tertiary/aromatic N) is 3. The molecule has 20 heavy (non-hydrogen) atoms. The summed E-state index contributed by atoms with van der Waals surface area (Å²) in [5, 5.41) is 2.82. The van der Waals surface area contributed by atoms with Crippen LogP contribution in [0.1, 0.15) is 12.2 Å². The number of rotatable bonds is 3. The van der Waals surface area contributed by atoms with E-state index < -0.39 is 9.84 Å². The monoisotopic (exact) mass is 312 g/mol. The summed E-state index contributed by atoms with van der Waals surface area (Å²) in [7, 11) is -0.965. The van der Waals surface area contributed by atoms with Crippen molar-refractivity contribution in [2.75, 3.05) is 24.3 Å². The molecule has 0 aliphatic carbocycles. The van der Waals surface area contributed by atoms with Crippen LogP contribution in [-0.2, 0) is 16.4 Å². The van der Waals surface area contributed by atoms with E-state index in [1.807, 2.05) is 23.4 Å². The largest absolute Gasteiger partial charge is 0.383 e. The smallest absolute Gasteiger partial charge is 0.151 e. The second kappa shape index (κ2) is 4.94. The van der Waals surface area contributed by atoms with Crippen LogP contribution < -0.4 is 5.73 Å². The lowest BCUT2D eigenvalue weighted by molar-refractivity contribution is 0.248. The molecule has 0 saturated carbocycles. The predicted molar refractivity (Wildman–Crippen MR) is 80.4 cm³/mol. The number of hydrogen-bond acceptors (Lipinski definition) is 7. The van der Waals surface area contributed by atoms with Crippen LogP contribution in [-0.4, -0.2) is 47.9 Å². The van der Waals surface area contributed by atoms with E-state index in [0.717, 1.165) is 10.2 Å². The van der Waals surface area contributed by atoms with Crippen molar-refractivity contribution in [3.8, 4) is 0 Å². The zero-order valence-electron chi connectivity index (χ0n) is 11.1. The molecule has 1 fully saturated rings. The van der Waals surface area contributed by atoms with Gasteiger partial charge in [0, 0.05) is 6.04 Å². The number of aromatic nitrogens is 2. The topological polar surface area (TPSA) is 89.2 Å². The first kappa shape index (κ1) is 13.7. The molecule has 0 radical (unpaired) electrons. The molecular weight excluding hydrogens is 296 g/mol. The van der Waals surface area contributed by atoms with Gasteiger partial charge >= 0.3 is 0 Å². The van der Waals surface area contributed by atoms with E-state index >= 15 is 0 Å². The molecule has 6 nitrogen and oxygen atoms in total. The van der Waals surface area contributed by atoms with Gasteiger partial charge in [-0.25, -0.2) is 18.4 Å². The standard InChI is InChI=1S/C12H16N4O2S2/c1-16(8-3-5-20(17,18)7-8)6-10-14-11(13)9-2-4-19-12(9)15-10/h2,4,8H,3,5-7H2,1H3,(H2,13,14,15). The molecule has 3 rings (SSSR count). The first-order valence-electron chi connectivity index (χ1n) is 6.35. The molecule has 2 aromatic rings. The van der Waals surface area contributed by atoms with Gasteiger partial charge in [-0.1, -0.05) is 0 Å². The van der Waals surface area contributed by atoms with Crippen LogP contribution in [0, 0.1) is 0 Å². The highest BCUT2D eigenvalue weighted by molar-refractivity contribution is 7.91. The summed E-state index contributed by atoms with van der Waals surface area (Å²) in [6, 6.07) is 1.95. The zero-order valence-corrected chi connectivity index (χ0v) is 12.7. The van der Waals surface area contributed by atoms with E-state index in [-0.39, 0.29) is 17.5 Å². The SMILES string of the molecule is CN(Cc1nc(N)c2ccsc2n1)C1CCS(=O)(=O)C1. The molecule has 1 saturated heterocycles. The maximum absolute atomic E-state index is 11.5. The Morgan fingerprint density at radius 2 is 2.30 bits per heavy atom. The number of nitrogens with two attached hydrogens (primary N) is 1. The number of sulfone groups is 1. The molecule has 1 atom stereocenters. The highest BCUT2D eigenvalue weighted by Gasteiger charge is 2.30. The molecule has 0 bridgehead atoms. The van der Waals surface area contributed by atoms with Crippen LogP contribution in [0.15, 0.2) is 11.4 Å². The Kier molecular flexibility index (Phi) is 3.39. The molecule has 2 N–H and O–H groups in total. The molecule has 1 unspecified atom stereocenters. The summed E-state index contributed by atoms with van der Waals surface area (Å²) in [5.74, 6) is 1.62. The summed E-state index contributed by atoms with van der Waals surface area (Å²) in [4.78, 5) is 11.7. The highest BCUT2D eigenvalue weighted by atomic mass is 32.2. The number of hydrogen-bond donors (Lipinski definition) is 1. The van der Waals surface area contributed by atoms with Crippen molar-refractivity contribution in [3.05, 3.63) is 17.3 Å². The third-order valence-electron chi connectivity index (χ3n) is 3.62. The van der Waals surface area contributed by atoms with E-state index in [1.165, 1.54) is 11.3 Å². The van der Waals surface area contributed by atoms with E-state index in [2.05, 4.69) is 9.97 Å². The van der Waals surface area contributed by atoms with Gasteiger partial charge < -0.3 is 5.73 Å². The maximum Gasteiger partial charge on any atom is 0.151 e. The minimum Gasteiger partial charge on any atom is -0.383 e. The lowest BCUT2D eigenvalue weighted by atomic mass is 10.2. The third kappa shape index (κ3) is 2.63. The van der Waals surface area contributed by atoms with Crippen molar-refractivity contribution in [3.63, 3.8) is 0 Å². The molecule has 1 aliphatic heterocycles. The lowest BCUT2D eigenvalue weighted by Crippen LogP contribution is -2.32. The minimum atomic E-state index is -2.87. The van der Waals surface area contributed by atoms with Crippen LogP contribution in [0.5, 0.6) is 0 Å². The second-order valence-electron chi connectivity index (χ2n) is 5.14. The molecular formula is C12H16N4O2S2. The van der Waals surface area contributed by atoms with Crippen molar-refractivity contribution in [2.45, 2.75) is 19.0 Å². The van der Waals surface area contributed by atoms with E-state index in [1.54, 1.807) is 0 Å². The van der Waals surface area contributed by atoms with Crippen LogP contribution in [0.2, 0.25) is 0 Å². The van der Waals surface area contributed by atoms with E-state index in [4.69, 9.17) is 5.73 Å². The number of thiophene rings is 1. The maximum atomic E-state index is 11.5. The quantitative estimate of drug-likeness (QED) is 0.905. The molecule has 108 valence electrons. The van der Waals surface area contributed by atoms with Crippen molar-refractivity contribution < 1.29 is 8.42 Å². The van der Waals surface area contributed by atoms with Gasteiger partial charge in [0.1, 0.15) is 16.5 Å². The Hall–Kier alpha value is -1.25. The van der Waals surface area contributed by atoms with Gasteiger partial charge in [0.25, 0.3) is 0 Å². The predicted octanol–water partition coefficient (Wildman–Crippen LogP) is 0.892. The summed E-state index contributed by atoms with van der Waals surface area (Å²) in [6.45, 7) is 0.512. The third-order valence-corrected chi connectivity index (χ3v) is 6.18. The van der Waals surface area contributed by atoms with Crippen molar-refractivity contribution in [2.24, 2.45) is 0 Å². The Balaban J connectivity index is 1.79. The van der Waals surface area contributed by atoms with Crippen LogP contribution in [0.3, 0.4) is 0 Å². The van der Waals surface area contributed by atoms with Gasteiger partial charge in [-0.15, -0.1) is 11.3 Å². The fourth-order valence-electron chi connectivity index (χ4n) is 2.47. The van der Waals surface area contributed by atoms with Gasteiger partial charge in [0.2, 0.25) is 0 Å². The van der Waals surface area contributed by atoms with E-state index in [9.17, 15) is 8.42 Å². The number of anilines is 1. The Morgan fingerprint density at radius 1 is 1.50 bits per heavy atom. The zero-order chi connectivity index (χ0) is 14.3. The van der Waals surface area contributed by atoms with E-state index in [0.29, 0.717) is 24.6 Å². The van der Waals surface area contributed by atoms with Gasteiger partial charge in [0.05, 0.1) is 23.4 Å². The Labute approximate surface area is 121 Å². The summed E-state index contributed by atoms with van der Waals surface area (Å²) < 4.78 is 23.0. The first-order valence-corrected chi connectivity index (χ1v) is 9.05. The van der Waals surface area contributed by atoms with Gasteiger partial charge in [-0.05, 0) is 24.9 Å². The summed E-state index contributed by atoms with van der Waals surface area (Å²) in [6.07, 6.45) is 0.676. The fraction of sp³-hybridized carbons (Fsp3) is 0.500. The van der Waals surface area contributed by atoms with Crippen LogP contribution >= 0.6 is 11.3 Å². The normalized spacial score (nSPS) is 21.8. The average Bonchev–Trinajstić information content (AvgIpc) is 2.95. The first-order chi connectivity index (χ1) is 9.44. The Morgan fingerprint density at radius 3 is 3.00 bits per heavy atom. The average molecular weight is 312 g/mol. The lowest BCUT2D eigenvalue weighted by Gasteiger charge is -2.22. The van der Waals surface area contributed by atoms with Gasteiger partial charge in [-0.2, -0.15) is 0 Å². The highest BCUT2D eigenvalue weighted by Crippen LogP contribution is 2.24. The van der Waals surface area contributed by atoms with Gasteiger partial charge in [-0.3, -0.25) is 4.90 Å². The minimum absolute atomic E-state index is 0.0452. The second-order valence-corrected chi connectivity index (χ2v) is 8.26.